The number of benzene rings is 2. The van der Waals surface area contributed by atoms with Crippen LogP contribution in [-0.4, -0.2) is 20.5 Å². The molecule has 1 aliphatic rings. The van der Waals surface area contributed by atoms with Crippen molar-refractivity contribution in [3.63, 3.8) is 0 Å². The second kappa shape index (κ2) is 6.72. The molecule has 0 saturated heterocycles. The minimum atomic E-state index is -3.93. The van der Waals surface area contributed by atoms with Gasteiger partial charge in [-0.05, 0) is 48.9 Å². The van der Waals surface area contributed by atoms with Crippen molar-refractivity contribution < 1.29 is 18.1 Å². The van der Waals surface area contributed by atoms with E-state index in [9.17, 15) is 18.5 Å². The number of hydrogen-bond acceptors (Lipinski definition) is 5. The molecule has 0 bridgehead atoms. The Bertz CT molecular complexity index is 925. The molecule has 2 aromatic carbocycles. The van der Waals surface area contributed by atoms with Crippen molar-refractivity contribution >= 4 is 21.4 Å². The second-order valence-corrected chi connectivity index (χ2v) is 7.50. The first-order valence-electron chi connectivity index (χ1n) is 7.88. The Morgan fingerprint density at radius 2 is 1.92 bits per heavy atom. The van der Waals surface area contributed by atoms with Gasteiger partial charge in [-0.2, -0.15) is 0 Å². The van der Waals surface area contributed by atoms with E-state index in [1.165, 1.54) is 13.2 Å². The van der Waals surface area contributed by atoms with E-state index < -0.39 is 14.9 Å². The molecule has 7 nitrogen and oxygen atoms in total. The third-order valence-electron chi connectivity index (χ3n) is 4.29. The van der Waals surface area contributed by atoms with Crippen molar-refractivity contribution in [3.05, 3.63) is 57.6 Å². The lowest BCUT2D eigenvalue weighted by Crippen LogP contribution is -2.17. The molecule has 3 rings (SSSR count). The highest BCUT2D eigenvalue weighted by atomic mass is 32.2. The minimum Gasteiger partial charge on any atom is -0.495 e. The normalized spacial score (nSPS) is 13.8. The molecular weight excluding hydrogens is 344 g/mol. The lowest BCUT2D eigenvalue weighted by Gasteiger charge is -2.20. The molecule has 1 N–H and O–H groups in total. The Kier molecular flexibility index (Phi) is 4.63. The van der Waals surface area contributed by atoms with E-state index in [0.29, 0.717) is 5.69 Å². The van der Waals surface area contributed by atoms with Crippen molar-refractivity contribution in [2.75, 3.05) is 11.8 Å². The molecule has 1 aliphatic carbocycles. The van der Waals surface area contributed by atoms with E-state index in [1.54, 1.807) is 6.07 Å². The van der Waals surface area contributed by atoms with Gasteiger partial charge in [0.05, 0.1) is 23.8 Å². The number of methoxy groups -OCH3 is 1. The molecular formula is C17H18N2O5S. The molecule has 0 fully saturated rings. The number of nitrogens with zero attached hydrogens (tertiary/aromatic N) is 1. The molecule has 0 aromatic heterocycles. The quantitative estimate of drug-likeness (QED) is 0.650. The number of non-ortho nitro benzene ring substituents is 1. The third kappa shape index (κ3) is 3.43. The summed E-state index contributed by atoms with van der Waals surface area (Å²) in [6, 6.07) is 9.02. The predicted molar refractivity (Wildman–Crippen MR) is 93.5 cm³/mol. The monoisotopic (exact) mass is 362 g/mol. The first-order valence-corrected chi connectivity index (χ1v) is 9.37. The van der Waals surface area contributed by atoms with Crippen molar-refractivity contribution in [3.8, 4) is 5.75 Å². The van der Waals surface area contributed by atoms with Crippen molar-refractivity contribution in [2.24, 2.45) is 0 Å². The van der Waals surface area contributed by atoms with Gasteiger partial charge in [-0.3, -0.25) is 14.8 Å². The predicted octanol–water partition coefficient (Wildman–Crippen LogP) is 3.28. The maximum atomic E-state index is 12.8. The number of ether oxygens (including phenoxy) is 1. The van der Waals surface area contributed by atoms with E-state index >= 15 is 0 Å². The maximum absolute atomic E-state index is 12.8. The van der Waals surface area contributed by atoms with Crippen molar-refractivity contribution in [1.29, 1.82) is 0 Å². The lowest BCUT2D eigenvalue weighted by molar-refractivity contribution is -0.385. The highest BCUT2D eigenvalue weighted by Crippen LogP contribution is 2.33. The van der Waals surface area contributed by atoms with Gasteiger partial charge in [-0.15, -0.1) is 0 Å². The zero-order chi connectivity index (χ0) is 18.0. The molecule has 0 heterocycles. The topological polar surface area (TPSA) is 98.5 Å². The van der Waals surface area contributed by atoms with Crippen molar-refractivity contribution in [2.45, 2.75) is 30.6 Å². The van der Waals surface area contributed by atoms with Crippen LogP contribution in [0.25, 0.3) is 0 Å². The average Bonchev–Trinajstić information content (AvgIpc) is 2.61. The summed E-state index contributed by atoms with van der Waals surface area (Å²) in [5.74, 6) is -0.0634. The van der Waals surface area contributed by atoms with Crippen molar-refractivity contribution in [1.82, 2.24) is 0 Å². The maximum Gasteiger partial charge on any atom is 0.273 e. The van der Waals surface area contributed by atoms with Gasteiger partial charge in [0.1, 0.15) is 10.6 Å². The Labute approximate surface area is 145 Å². The van der Waals surface area contributed by atoms with Gasteiger partial charge in [0.15, 0.2) is 0 Å². The first-order chi connectivity index (χ1) is 11.9. The summed E-state index contributed by atoms with van der Waals surface area (Å²) in [7, 11) is -2.65. The number of anilines is 1. The highest BCUT2D eigenvalue weighted by Gasteiger charge is 2.24. The van der Waals surface area contributed by atoms with Gasteiger partial charge in [-0.1, -0.05) is 12.1 Å². The molecule has 0 saturated carbocycles. The van der Waals surface area contributed by atoms with Crippen LogP contribution in [0, 0.1) is 10.1 Å². The van der Waals surface area contributed by atoms with Crippen LogP contribution in [0.2, 0.25) is 0 Å². The SMILES string of the molecule is COc1cc([N+](=O)[O-])ccc1S(=O)(=O)Nc1cccc2c1CCCC2. The Hall–Kier alpha value is -2.61. The molecule has 0 radical (unpaired) electrons. The number of hydrogen-bond donors (Lipinski definition) is 1. The summed E-state index contributed by atoms with van der Waals surface area (Å²) < 4.78 is 33.2. The number of rotatable bonds is 5. The standard InChI is InChI=1S/C17H18N2O5S/c1-24-16-11-13(19(20)21)9-10-17(16)25(22,23)18-15-8-4-6-12-5-2-3-7-14(12)15/h4,6,8-11,18H,2-3,5,7H2,1H3. The van der Waals surface area contributed by atoms with Crippen LogP contribution in [0.1, 0.15) is 24.0 Å². The van der Waals surface area contributed by atoms with Gasteiger partial charge in [0.25, 0.3) is 15.7 Å². The summed E-state index contributed by atoms with van der Waals surface area (Å²) >= 11 is 0. The molecule has 0 spiro atoms. The van der Waals surface area contributed by atoms with Crippen LogP contribution in [0.5, 0.6) is 5.75 Å². The van der Waals surface area contributed by atoms with E-state index in [-0.39, 0.29) is 16.3 Å². The number of nitro benzene ring substituents is 1. The Balaban J connectivity index is 1.99. The van der Waals surface area contributed by atoms with Gasteiger partial charge in [-0.25, -0.2) is 8.42 Å². The largest absolute Gasteiger partial charge is 0.495 e. The van der Waals surface area contributed by atoms with E-state index in [1.807, 2.05) is 12.1 Å². The molecule has 0 unspecified atom stereocenters. The third-order valence-corrected chi connectivity index (χ3v) is 5.69. The number of aryl methyl sites for hydroxylation is 1. The van der Waals surface area contributed by atoms with E-state index in [4.69, 9.17) is 4.74 Å². The lowest BCUT2D eigenvalue weighted by atomic mass is 9.91. The minimum absolute atomic E-state index is 0.0634. The number of sulfonamides is 1. The van der Waals surface area contributed by atoms with Gasteiger partial charge >= 0.3 is 0 Å². The number of nitrogens with one attached hydrogen (secondary N) is 1. The molecule has 0 atom stereocenters. The van der Waals surface area contributed by atoms with Gasteiger partial charge < -0.3 is 4.74 Å². The number of nitro groups is 1. The zero-order valence-corrected chi connectivity index (χ0v) is 14.5. The molecule has 132 valence electrons. The average molecular weight is 362 g/mol. The Morgan fingerprint density at radius 3 is 2.64 bits per heavy atom. The van der Waals surface area contributed by atoms with Crippen LogP contribution >= 0.6 is 0 Å². The Morgan fingerprint density at radius 1 is 1.16 bits per heavy atom. The fourth-order valence-electron chi connectivity index (χ4n) is 3.07. The van der Waals surface area contributed by atoms with Gasteiger partial charge in [0, 0.05) is 6.07 Å². The number of fused-ring (bicyclic) bond motifs is 1. The summed E-state index contributed by atoms with van der Waals surface area (Å²) in [5.41, 5.74) is 2.49. The fraction of sp³-hybridized carbons (Fsp3) is 0.294. The summed E-state index contributed by atoms with van der Waals surface area (Å²) in [6.07, 6.45) is 3.88. The highest BCUT2D eigenvalue weighted by molar-refractivity contribution is 7.92. The van der Waals surface area contributed by atoms with Crippen LogP contribution in [-0.2, 0) is 22.9 Å². The smallest absolute Gasteiger partial charge is 0.273 e. The van der Waals surface area contributed by atoms with E-state index in [2.05, 4.69) is 4.72 Å². The first kappa shape index (κ1) is 17.2. The fourth-order valence-corrected chi connectivity index (χ4v) is 4.31. The molecule has 0 aliphatic heterocycles. The summed E-state index contributed by atoms with van der Waals surface area (Å²) in [4.78, 5) is 10.1. The molecule has 0 amide bonds. The zero-order valence-electron chi connectivity index (χ0n) is 13.7. The van der Waals surface area contributed by atoms with Crippen LogP contribution in [0.4, 0.5) is 11.4 Å². The molecule has 2 aromatic rings. The van der Waals surface area contributed by atoms with Gasteiger partial charge in [0.2, 0.25) is 0 Å². The summed E-state index contributed by atoms with van der Waals surface area (Å²) in [6.45, 7) is 0. The van der Waals surface area contributed by atoms with Crippen LogP contribution in [0.3, 0.4) is 0 Å². The van der Waals surface area contributed by atoms with E-state index in [0.717, 1.165) is 48.9 Å². The summed E-state index contributed by atoms with van der Waals surface area (Å²) in [5, 5.41) is 10.9. The van der Waals surface area contributed by atoms with Crippen LogP contribution < -0.4 is 9.46 Å². The second-order valence-electron chi connectivity index (χ2n) is 5.85. The van der Waals surface area contributed by atoms with Crippen LogP contribution in [0.15, 0.2) is 41.3 Å². The molecule has 25 heavy (non-hydrogen) atoms. The molecule has 8 heteroatoms.